The summed E-state index contributed by atoms with van der Waals surface area (Å²) in [5.74, 6) is 0.654. The maximum Gasteiger partial charge on any atom is 0.338 e. The first-order chi connectivity index (χ1) is 12.1. The number of halogens is 1. The van der Waals surface area contributed by atoms with E-state index in [1.807, 2.05) is 12.1 Å². The third-order valence-corrected chi connectivity index (χ3v) is 4.71. The van der Waals surface area contributed by atoms with Crippen molar-refractivity contribution in [2.45, 2.75) is 58.4 Å². The summed E-state index contributed by atoms with van der Waals surface area (Å²) in [4.78, 5) is 14.3. The summed E-state index contributed by atoms with van der Waals surface area (Å²) in [5.41, 5.74) is 1.25. The van der Waals surface area contributed by atoms with Gasteiger partial charge in [-0.3, -0.25) is 0 Å². The molecule has 1 unspecified atom stereocenters. The SMILES string of the molecule is CCCCCC(COc1ccc(C(=O)OCC)c(CCl)c1)N(C)CC. The summed E-state index contributed by atoms with van der Waals surface area (Å²) in [6, 6.07) is 5.78. The Morgan fingerprint density at radius 3 is 2.60 bits per heavy atom. The third-order valence-electron chi connectivity index (χ3n) is 4.42. The van der Waals surface area contributed by atoms with E-state index in [2.05, 4.69) is 25.8 Å². The second-order valence-corrected chi connectivity index (χ2v) is 6.47. The topological polar surface area (TPSA) is 38.8 Å². The van der Waals surface area contributed by atoms with Gasteiger partial charge in [-0.2, -0.15) is 0 Å². The molecule has 0 spiro atoms. The van der Waals surface area contributed by atoms with Crippen LogP contribution in [0.25, 0.3) is 0 Å². The average Bonchev–Trinajstić information content (AvgIpc) is 2.63. The monoisotopic (exact) mass is 369 g/mol. The number of hydrogen-bond donors (Lipinski definition) is 0. The maximum absolute atomic E-state index is 11.9. The first-order valence-corrected chi connectivity index (χ1v) is 9.79. The lowest BCUT2D eigenvalue weighted by molar-refractivity contribution is 0.0525. The average molecular weight is 370 g/mol. The fourth-order valence-corrected chi connectivity index (χ4v) is 2.91. The molecule has 1 aromatic carbocycles. The van der Waals surface area contributed by atoms with Crippen molar-refractivity contribution in [2.24, 2.45) is 0 Å². The van der Waals surface area contributed by atoms with Crippen molar-refractivity contribution in [1.29, 1.82) is 0 Å². The fraction of sp³-hybridized carbons (Fsp3) is 0.650. The smallest absolute Gasteiger partial charge is 0.338 e. The summed E-state index contributed by atoms with van der Waals surface area (Å²) >= 11 is 6.00. The van der Waals surface area contributed by atoms with Crippen LogP contribution in [0.4, 0.5) is 0 Å². The van der Waals surface area contributed by atoms with Gasteiger partial charge in [0.15, 0.2) is 0 Å². The molecule has 1 aromatic rings. The van der Waals surface area contributed by atoms with Crippen LogP contribution in [-0.2, 0) is 10.6 Å². The Morgan fingerprint density at radius 1 is 1.24 bits per heavy atom. The Hall–Kier alpha value is -1.26. The van der Waals surface area contributed by atoms with E-state index in [-0.39, 0.29) is 11.8 Å². The predicted molar refractivity (Wildman–Crippen MR) is 104 cm³/mol. The highest BCUT2D eigenvalue weighted by molar-refractivity contribution is 6.17. The van der Waals surface area contributed by atoms with Gasteiger partial charge in [0.05, 0.1) is 12.2 Å². The number of carbonyl (C=O) groups excluding carboxylic acids is 1. The quantitative estimate of drug-likeness (QED) is 0.299. The van der Waals surface area contributed by atoms with Crippen molar-refractivity contribution in [2.75, 3.05) is 26.8 Å². The molecule has 1 rings (SSSR count). The van der Waals surface area contributed by atoms with Gasteiger partial charge in [-0.25, -0.2) is 4.79 Å². The van der Waals surface area contributed by atoms with Gasteiger partial charge in [-0.1, -0.05) is 33.1 Å². The number of esters is 1. The zero-order valence-corrected chi connectivity index (χ0v) is 16.8. The molecular weight excluding hydrogens is 338 g/mol. The number of nitrogens with zero attached hydrogens (tertiary/aromatic N) is 1. The Morgan fingerprint density at radius 2 is 2.00 bits per heavy atom. The van der Waals surface area contributed by atoms with Crippen molar-refractivity contribution < 1.29 is 14.3 Å². The van der Waals surface area contributed by atoms with E-state index in [9.17, 15) is 4.79 Å². The van der Waals surface area contributed by atoms with Gasteiger partial charge < -0.3 is 14.4 Å². The molecule has 0 aliphatic rings. The van der Waals surface area contributed by atoms with Crippen LogP contribution >= 0.6 is 11.6 Å². The first kappa shape index (κ1) is 21.8. The van der Waals surface area contributed by atoms with E-state index in [0.29, 0.717) is 24.8 Å². The molecule has 0 radical (unpaired) electrons. The van der Waals surface area contributed by atoms with Crippen LogP contribution in [0.2, 0.25) is 0 Å². The minimum atomic E-state index is -0.340. The van der Waals surface area contributed by atoms with Gasteiger partial charge >= 0.3 is 5.97 Å². The lowest BCUT2D eigenvalue weighted by atomic mass is 10.1. The number of alkyl halides is 1. The number of likely N-dealkylation sites (N-methyl/N-ethyl adjacent to an activating group) is 1. The molecule has 0 saturated heterocycles. The first-order valence-electron chi connectivity index (χ1n) is 9.26. The molecule has 4 nitrogen and oxygen atoms in total. The number of rotatable bonds is 12. The molecule has 0 amide bonds. The maximum atomic E-state index is 11.9. The minimum absolute atomic E-state index is 0.250. The Balaban J connectivity index is 2.75. The Kier molecular flexibility index (Phi) is 10.6. The molecule has 0 heterocycles. The van der Waals surface area contributed by atoms with Gasteiger partial charge in [0.1, 0.15) is 12.4 Å². The van der Waals surface area contributed by atoms with Gasteiger partial charge in [0.25, 0.3) is 0 Å². The summed E-state index contributed by atoms with van der Waals surface area (Å²) in [5, 5.41) is 0. The van der Waals surface area contributed by atoms with Crippen molar-refractivity contribution in [3.05, 3.63) is 29.3 Å². The summed E-state index contributed by atoms with van der Waals surface area (Å²) in [7, 11) is 2.13. The summed E-state index contributed by atoms with van der Waals surface area (Å²) in [6.45, 7) is 8.14. The zero-order chi connectivity index (χ0) is 18.7. The van der Waals surface area contributed by atoms with Gasteiger partial charge in [0.2, 0.25) is 0 Å². The molecule has 0 aromatic heterocycles. The van der Waals surface area contributed by atoms with Crippen molar-refractivity contribution in [3.63, 3.8) is 0 Å². The number of benzene rings is 1. The van der Waals surface area contributed by atoms with Crippen LogP contribution < -0.4 is 4.74 Å². The van der Waals surface area contributed by atoms with Crippen molar-refractivity contribution in [3.8, 4) is 5.75 Å². The highest BCUT2D eigenvalue weighted by Gasteiger charge is 2.16. The van der Waals surface area contributed by atoms with Gasteiger partial charge in [-0.15, -0.1) is 11.6 Å². The molecule has 25 heavy (non-hydrogen) atoms. The molecule has 142 valence electrons. The standard InChI is InChI=1S/C20H32ClNO3/c1-5-8-9-10-17(22(4)6-2)15-25-18-11-12-19(16(13-18)14-21)20(23)24-7-3/h11-13,17H,5-10,14-15H2,1-4H3. The lowest BCUT2D eigenvalue weighted by Gasteiger charge is -2.27. The lowest BCUT2D eigenvalue weighted by Crippen LogP contribution is -2.36. The molecule has 0 aliphatic carbocycles. The van der Waals surface area contributed by atoms with E-state index in [4.69, 9.17) is 21.1 Å². The Bertz CT molecular complexity index is 522. The fourth-order valence-electron chi connectivity index (χ4n) is 2.69. The van der Waals surface area contributed by atoms with E-state index in [1.54, 1.807) is 13.0 Å². The number of carbonyl (C=O) groups is 1. The van der Waals surface area contributed by atoms with Crippen LogP contribution in [-0.4, -0.2) is 43.7 Å². The number of unbranched alkanes of at least 4 members (excludes halogenated alkanes) is 2. The molecule has 1 atom stereocenters. The summed E-state index contributed by atoms with van der Waals surface area (Å²) in [6.07, 6.45) is 4.81. The van der Waals surface area contributed by atoms with Crippen molar-refractivity contribution in [1.82, 2.24) is 4.90 Å². The minimum Gasteiger partial charge on any atom is -0.492 e. The summed E-state index contributed by atoms with van der Waals surface area (Å²) < 4.78 is 11.1. The highest BCUT2D eigenvalue weighted by atomic mass is 35.5. The van der Waals surface area contributed by atoms with E-state index in [1.165, 1.54) is 19.3 Å². The highest BCUT2D eigenvalue weighted by Crippen LogP contribution is 2.21. The molecular formula is C20H32ClNO3. The molecule has 5 heteroatoms. The normalized spacial score (nSPS) is 12.2. The van der Waals surface area contributed by atoms with Crippen LogP contribution in [0.3, 0.4) is 0 Å². The van der Waals surface area contributed by atoms with Gasteiger partial charge in [-0.05, 0) is 50.7 Å². The second kappa shape index (κ2) is 12.2. The van der Waals surface area contributed by atoms with Crippen LogP contribution in [0.5, 0.6) is 5.75 Å². The molecule has 0 aliphatic heterocycles. The second-order valence-electron chi connectivity index (χ2n) is 6.21. The van der Waals surface area contributed by atoms with E-state index < -0.39 is 0 Å². The number of ether oxygens (including phenoxy) is 2. The Labute approximate surface area is 157 Å². The largest absolute Gasteiger partial charge is 0.492 e. The predicted octanol–water partition coefficient (Wildman–Crippen LogP) is 4.88. The third kappa shape index (κ3) is 7.25. The number of hydrogen-bond acceptors (Lipinski definition) is 4. The van der Waals surface area contributed by atoms with Crippen LogP contribution in [0.15, 0.2) is 18.2 Å². The zero-order valence-electron chi connectivity index (χ0n) is 16.0. The van der Waals surface area contributed by atoms with Crippen LogP contribution in [0.1, 0.15) is 62.4 Å². The van der Waals surface area contributed by atoms with E-state index >= 15 is 0 Å². The molecule has 0 fully saturated rings. The molecule has 0 bridgehead atoms. The van der Waals surface area contributed by atoms with E-state index in [0.717, 1.165) is 24.3 Å². The molecule has 0 saturated carbocycles. The van der Waals surface area contributed by atoms with Crippen molar-refractivity contribution >= 4 is 17.6 Å². The molecule has 0 N–H and O–H groups in total. The van der Waals surface area contributed by atoms with Crippen LogP contribution in [0, 0.1) is 0 Å². The van der Waals surface area contributed by atoms with Gasteiger partial charge in [0, 0.05) is 11.9 Å².